The molecule has 1 saturated heterocycles. The van der Waals surface area contributed by atoms with E-state index in [2.05, 4.69) is 27.2 Å². The monoisotopic (exact) mass is 446 g/mol. The van der Waals surface area contributed by atoms with E-state index in [4.69, 9.17) is 9.57 Å². The van der Waals surface area contributed by atoms with E-state index in [1.54, 1.807) is 13.4 Å². The molecule has 0 N–H and O–H groups in total. The summed E-state index contributed by atoms with van der Waals surface area (Å²) in [5, 5.41) is 4.45. The van der Waals surface area contributed by atoms with Crippen LogP contribution >= 0.6 is 0 Å². The number of nitrogens with zero attached hydrogens (tertiary/aromatic N) is 4. The number of amidine groups is 1. The number of halogens is 1. The van der Waals surface area contributed by atoms with Gasteiger partial charge in [-0.3, -0.25) is 0 Å². The van der Waals surface area contributed by atoms with Crippen LogP contribution in [0.3, 0.4) is 0 Å². The Morgan fingerprint density at radius 2 is 2.00 bits per heavy atom. The molecule has 0 aliphatic carbocycles. The highest BCUT2D eigenvalue weighted by Crippen LogP contribution is 2.33. The van der Waals surface area contributed by atoms with Crippen molar-refractivity contribution >= 4 is 11.9 Å². The molecule has 7 heteroatoms. The molecule has 3 aromatic rings. The van der Waals surface area contributed by atoms with Crippen LogP contribution in [-0.2, 0) is 4.84 Å². The van der Waals surface area contributed by atoms with E-state index >= 15 is 0 Å². The van der Waals surface area contributed by atoms with E-state index in [1.807, 2.05) is 42.0 Å². The van der Waals surface area contributed by atoms with Gasteiger partial charge in [-0.25, -0.2) is 9.37 Å². The van der Waals surface area contributed by atoms with E-state index in [0.717, 1.165) is 65.5 Å². The van der Waals surface area contributed by atoms with E-state index in [9.17, 15) is 4.39 Å². The second-order valence-electron chi connectivity index (χ2n) is 8.45. The predicted octanol–water partition coefficient (Wildman–Crippen LogP) is 5.28. The Hall–Kier alpha value is -3.61. The van der Waals surface area contributed by atoms with Crippen molar-refractivity contribution in [2.75, 3.05) is 20.3 Å². The molecule has 170 valence electrons. The summed E-state index contributed by atoms with van der Waals surface area (Å²) in [4.78, 5) is 12.3. The molecular weight excluding hydrogens is 419 g/mol. The minimum atomic E-state index is -0.232. The van der Waals surface area contributed by atoms with Crippen molar-refractivity contribution in [3.8, 4) is 11.4 Å². The third-order valence-electron chi connectivity index (χ3n) is 6.20. The van der Waals surface area contributed by atoms with Crippen LogP contribution in [-0.4, -0.2) is 40.5 Å². The van der Waals surface area contributed by atoms with Crippen LogP contribution in [0.1, 0.15) is 42.1 Å². The highest BCUT2D eigenvalue weighted by molar-refractivity contribution is 6.02. The number of methoxy groups -OCH3 is 1. The number of benzene rings is 2. The normalized spacial score (nSPS) is 19.5. The standard InChI is InChI=1S/C26H27FN4O2/c1-18-15-30(17-28-18)23-11-6-19(14-25(23)32-2)13-21-5-3-4-12-31-24(16-33-29-26(21)31)20-7-9-22(27)10-8-20/h6-11,13-15,17,24H,3-5,12,16H2,1-2H3/t24-/m1/s1. The third kappa shape index (κ3) is 4.35. The van der Waals surface area contributed by atoms with Gasteiger partial charge in [-0.05, 0) is 73.2 Å². The summed E-state index contributed by atoms with van der Waals surface area (Å²) >= 11 is 0. The molecule has 5 rings (SSSR count). The highest BCUT2D eigenvalue weighted by Gasteiger charge is 2.31. The summed E-state index contributed by atoms with van der Waals surface area (Å²) < 4.78 is 21.1. The quantitative estimate of drug-likeness (QED) is 0.547. The number of ether oxygens (including phenoxy) is 1. The van der Waals surface area contributed by atoms with Crippen LogP contribution in [0.4, 0.5) is 4.39 Å². The van der Waals surface area contributed by atoms with E-state index in [1.165, 1.54) is 12.1 Å². The van der Waals surface area contributed by atoms with Gasteiger partial charge >= 0.3 is 0 Å². The van der Waals surface area contributed by atoms with Crippen molar-refractivity contribution in [3.05, 3.63) is 83.2 Å². The second kappa shape index (κ2) is 9.10. The minimum absolute atomic E-state index is 0.0148. The Bertz CT molecular complexity index is 1200. The number of hydrogen-bond acceptors (Lipinski definition) is 5. The predicted molar refractivity (Wildman–Crippen MR) is 126 cm³/mol. The fourth-order valence-electron chi connectivity index (χ4n) is 4.52. The second-order valence-corrected chi connectivity index (χ2v) is 8.45. The zero-order chi connectivity index (χ0) is 22.8. The van der Waals surface area contributed by atoms with Gasteiger partial charge in [-0.15, -0.1) is 0 Å². The minimum Gasteiger partial charge on any atom is -0.495 e. The number of imidazole rings is 1. The van der Waals surface area contributed by atoms with Crippen molar-refractivity contribution in [2.45, 2.75) is 32.2 Å². The lowest BCUT2D eigenvalue weighted by Crippen LogP contribution is -2.40. The molecule has 0 saturated carbocycles. The Balaban J connectivity index is 1.47. The summed E-state index contributed by atoms with van der Waals surface area (Å²) in [6.45, 7) is 3.31. The van der Waals surface area contributed by atoms with Crippen molar-refractivity contribution in [1.29, 1.82) is 0 Å². The van der Waals surface area contributed by atoms with Gasteiger partial charge in [0.25, 0.3) is 0 Å². The fourth-order valence-corrected chi connectivity index (χ4v) is 4.52. The molecule has 1 aromatic heterocycles. The van der Waals surface area contributed by atoms with Crippen LogP contribution in [0.5, 0.6) is 5.75 Å². The van der Waals surface area contributed by atoms with Gasteiger partial charge in [-0.2, -0.15) is 0 Å². The molecule has 2 aliphatic rings. The Morgan fingerprint density at radius 3 is 2.76 bits per heavy atom. The lowest BCUT2D eigenvalue weighted by molar-refractivity contribution is 0.0614. The van der Waals surface area contributed by atoms with Gasteiger partial charge in [0, 0.05) is 12.7 Å². The molecule has 3 heterocycles. The highest BCUT2D eigenvalue weighted by atomic mass is 19.1. The first-order chi connectivity index (χ1) is 16.1. The first-order valence-corrected chi connectivity index (χ1v) is 11.2. The average Bonchev–Trinajstić information content (AvgIpc) is 3.16. The van der Waals surface area contributed by atoms with E-state index in [-0.39, 0.29) is 11.9 Å². The first-order valence-electron chi connectivity index (χ1n) is 11.2. The van der Waals surface area contributed by atoms with Gasteiger partial charge in [0.2, 0.25) is 0 Å². The largest absolute Gasteiger partial charge is 0.495 e. The zero-order valence-electron chi connectivity index (χ0n) is 18.9. The number of oxime groups is 1. The topological polar surface area (TPSA) is 51.9 Å². The maximum atomic E-state index is 13.5. The molecule has 0 radical (unpaired) electrons. The van der Waals surface area contributed by atoms with Gasteiger partial charge in [-0.1, -0.05) is 23.4 Å². The molecule has 0 unspecified atom stereocenters. The lowest BCUT2D eigenvalue weighted by atomic mass is 10.0. The molecular formula is C26H27FN4O2. The van der Waals surface area contributed by atoms with Crippen LogP contribution < -0.4 is 4.74 Å². The summed E-state index contributed by atoms with van der Waals surface area (Å²) in [5.41, 5.74) is 5.10. The van der Waals surface area contributed by atoms with Gasteiger partial charge in [0.15, 0.2) is 5.84 Å². The summed E-state index contributed by atoms with van der Waals surface area (Å²) in [6.07, 6.45) is 8.98. The van der Waals surface area contributed by atoms with Gasteiger partial charge in [0.1, 0.15) is 18.2 Å². The lowest BCUT2D eigenvalue weighted by Gasteiger charge is -2.36. The SMILES string of the molecule is COc1cc(C=C2CCCCN3C2=NOC[C@@H]3c2ccc(F)cc2)ccc1-n1cnc(C)c1. The van der Waals surface area contributed by atoms with Crippen molar-refractivity contribution < 1.29 is 14.0 Å². The molecule has 2 aromatic carbocycles. The number of aryl methyl sites for hydroxylation is 1. The third-order valence-corrected chi connectivity index (χ3v) is 6.20. The maximum Gasteiger partial charge on any atom is 0.172 e. The summed E-state index contributed by atoms with van der Waals surface area (Å²) in [5.74, 6) is 1.41. The molecule has 0 amide bonds. The molecule has 0 spiro atoms. The van der Waals surface area contributed by atoms with Crippen LogP contribution in [0.2, 0.25) is 0 Å². The molecule has 6 nitrogen and oxygen atoms in total. The van der Waals surface area contributed by atoms with Crippen LogP contribution in [0.15, 0.2) is 65.7 Å². The summed E-state index contributed by atoms with van der Waals surface area (Å²) in [7, 11) is 1.68. The zero-order valence-corrected chi connectivity index (χ0v) is 18.9. The number of fused-ring (bicyclic) bond motifs is 1. The molecule has 1 atom stereocenters. The number of aromatic nitrogens is 2. The van der Waals surface area contributed by atoms with Crippen LogP contribution in [0, 0.1) is 12.7 Å². The molecule has 33 heavy (non-hydrogen) atoms. The van der Waals surface area contributed by atoms with Gasteiger partial charge in [0.05, 0.1) is 30.9 Å². The van der Waals surface area contributed by atoms with Crippen LogP contribution in [0.25, 0.3) is 11.8 Å². The fraction of sp³-hybridized carbons (Fsp3) is 0.308. The Labute approximate surface area is 192 Å². The number of hydrogen-bond donors (Lipinski definition) is 0. The molecule has 0 bridgehead atoms. The molecule has 2 aliphatic heterocycles. The van der Waals surface area contributed by atoms with E-state index in [0.29, 0.717) is 6.61 Å². The van der Waals surface area contributed by atoms with Crippen molar-refractivity contribution in [2.24, 2.45) is 5.16 Å². The smallest absolute Gasteiger partial charge is 0.172 e. The maximum absolute atomic E-state index is 13.5. The number of rotatable bonds is 4. The summed E-state index contributed by atoms with van der Waals surface area (Å²) in [6, 6.07) is 12.9. The van der Waals surface area contributed by atoms with E-state index < -0.39 is 0 Å². The van der Waals surface area contributed by atoms with Crippen molar-refractivity contribution in [3.63, 3.8) is 0 Å². The van der Waals surface area contributed by atoms with Gasteiger partial charge < -0.3 is 19.0 Å². The Kier molecular flexibility index (Phi) is 5.86. The van der Waals surface area contributed by atoms with Crippen molar-refractivity contribution in [1.82, 2.24) is 14.5 Å². The Morgan fingerprint density at radius 1 is 1.15 bits per heavy atom. The molecule has 1 fully saturated rings. The first kappa shape index (κ1) is 21.2. The average molecular weight is 447 g/mol.